The van der Waals surface area contributed by atoms with Crippen LogP contribution in [0, 0.1) is 36.8 Å². The molecule has 0 nitrogen and oxygen atoms in total. The molecule has 1 rings (SSSR count). The predicted octanol–water partition coefficient (Wildman–Crippen LogP) is 4.76. The fraction of sp³-hybridized carbons (Fsp3) is 0.444. The highest BCUT2D eigenvalue weighted by atomic mass is 28.3. The maximum Gasteiger partial charge on any atom is 0.129 e. The molecule has 0 spiro atoms. The molecule has 0 N–H and O–H groups in total. The molecule has 0 aliphatic heterocycles. The van der Waals surface area contributed by atoms with E-state index in [1.165, 1.54) is 16.7 Å². The number of benzene rings is 1. The van der Waals surface area contributed by atoms with Crippen molar-refractivity contribution in [2.75, 3.05) is 0 Å². The Morgan fingerprint density at radius 2 is 1.10 bits per heavy atom. The summed E-state index contributed by atoms with van der Waals surface area (Å²) in [4.78, 5) is 0. The molecule has 0 saturated heterocycles. The molecule has 0 aromatic heterocycles. The molecule has 0 radical (unpaired) electrons. The molecular weight excluding hydrogens is 272 g/mol. The van der Waals surface area contributed by atoms with Crippen molar-refractivity contribution in [1.82, 2.24) is 0 Å². The molecule has 0 atom stereocenters. The molecule has 20 heavy (non-hydrogen) atoms. The second-order valence-electron chi connectivity index (χ2n) is 7.49. The van der Waals surface area contributed by atoms with Gasteiger partial charge in [-0.15, -0.1) is 11.1 Å². The van der Waals surface area contributed by atoms with Gasteiger partial charge < -0.3 is 0 Å². The summed E-state index contributed by atoms with van der Waals surface area (Å²) < 4.78 is 0. The molecule has 1 aromatic carbocycles. The van der Waals surface area contributed by atoms with Crippen LogP contribution in [0.1, 0.15) is 22.3 Å². The third kappa shape index (κ3) is 5.82. The molecule has 0 saturated carbocycles. The van der Waals surface area contributed by atoms with Gasteiger partial charge in [-0.25, -0.2) is 0 Å². The average molecular weight is 299 g/mol. The van der Waals surface area contributed by atoms with E-state index in [1.807, 2.05) is 0 Å². The topological polar surface area (TPSA) is 0 Å². The van der Waals surface area contributed by atoms with Gasteiger partial charge in [0.05, 0.1) is 0 Å². The Labute approximate surface area is 127 Å². The third-order valence-electron chi connectivity index (χ3n) is 2.68. The van der Waals surface area contributed by atoms with Crippen LogP contribution in [0.25, 0.3) is 0 Å². The normalized spacial score (nSPS) is 11.2. The monoisotopic (exact) mass is 298 g/mol. The smallest absolute Gasteiger partial charge is 0.127 e. The summed E-state index contributed by atoms with van der Waals surface area (Å²) in [6.07, 6.45) is 0. The highest BCUT2D eigenvalue weighted by Crippen LogP contribution is 2.16. The van der Waals surface area contributed by atoms with Crippen LogP contribution in [0.3, 0.4) is 0 Å². The molecular formula is C18H26Si2. The van der Waals surface area contributed by atoms with Crippen molar-refractivity contribution in [2.24, 2.45) is 0 Å². The van der Waals surface area contributed by atoms with E-state index in [0.29, 0.717) is 0 Å². The standard InChI is InChI=1S/C18H26Si2/c1-15-13-17(9-11-19(3,4)5)14-16(2)18(15)10-12-20(6,7)8/h13-14H,1-8H3. The summed E-state index contributed by atoms with van der Waals surface area (Å²) in [5.74, 6) is 6.73. The number of hydrogen-bond acceptors (Lipinski definition) is 0. The van der Waals surface area contributed by atoms with E-state index in [9.17, 15) is 0 Å². The Bertz CT molecular complexity index is 595. The van der Waals surface area contributed by atoms with Crippen molar-refractivity contribution in [1.29, 1.82) is 0 Å². The second-order valence-corrected chi connectivity index (χ2v) is 17.0. The van der Waals surface area contributed by atoms with Crippen LogP contribution in [0.2, 0.25) is 39.3 Å². The van der Waals surface area contributed by atoms with Gasteiger partial charge in [-0.3, -0.25) is 0 Å². The first kappa shape index (κ1) is 16.8. The molecule has 1 aromatic rings. The van der Waals surface area contributed by atoms with Crippen molar-refractivity contribution in [2.45, 2.75) is 53.1 Å². The fourth-order valence-electron chi connectivity index (χ4n) is 1.74. The maximum atomic E-state index is 3.46. The van der Waals surface area contributed by atoms with Gasteiger partial charge in [0.2, 0.25) is 0 Å². The van der Waals surface area contributed by atoms with E-state index in [4.69, 9.17) is 0 Å². The largest absolute Gasteiger partial charge is 0.129 e. The number of hydrogen-bond donors (Lipinski definition) is 0. The molecule has 0 aliphatic rings. The first-order valence-electron chi connectivity index (χ1n) is 7.15. The quantitative estimate of drug-likeness (QED) is 0.478. The summed E-state index contributed by atoms with van der Waals surface area (Å²) in [7, 11) is -2.63. The van der Waals surface area contributed by atoms with E-state index in [-0.39, 0.29) is 0 Å². The van der Waals surface area contributed by atoms with Crippen LogP contribution >= 0.6 is 0 Å². The van der Waals surface area contributed by atoms with Crippen LogP contribution in [0.15, 0.2) is 12.1 Å². The van der Waals surface area contributed by atoms with Gasteiger partial charge >= 0.3 is 0 Å². The summed E-state index contributed by atoms with van der Waals surface area (Å²) in [5.41, 5.74) is 11.7. The lowest BCUT2D eigenvalue weighted by atomic mass is 10.0. The van der Waals surface area contributed by atoms with Gasteiger partial charge in [0.1, 0.15) is 16.1 Å². The van der Waals surface area contributed by atoms with Gasteiger partial charge in [0, 0.05) is 11.1 Å². The van der Waals surface area contributed by atoms with E-state index in [2.05, 4.69) is 88.2 Å². The minimum atomic E-state index is -1.32. The Balaban J connectivity index is 3.21. The molecule has 0 heterocycles. The minimum Gasteiger partial charge on any atom is -0.127 e. The highest BCUT2D eigenvalue weighted by molar-refractivity contribution is 6.84. The van der Waals surface area contributed by atoms with Gasteiger partial charge in [0.25, 0.3) is 0 Å². The Kier molecular flexibility index (Phi) is 5.08. The summed E-state index contributed by atoms with van der Waals surface area (Å²) in [6.45, 7) is 17.9. The predicted molar refractivity (Wildman–Crippen MR) is 96.4 cm³/mol. The van der Waals surface area contributed by atoms with Crippen LogP contribution in [0.4, 0.5) is 0 Å². The minimum absolute atomic E-state index is 1.13. The summed E-state index contributed by atoms with van der Waals surface area (Å²) in [6, 6.07) is 4.35. The second kappa shape index (κ2) is 6.04. The Morgan fingerprint density at radius 1 is 0.700 bits per heavy atom. The van der Waals surface area contributed by atoms with Crippen LogP contribution < -0.4 is 0 Å². The van der Waals surface area contributed by atoms with E-state index in [0.717, 1.165) is 5.56 Å². The van der Waals surface area contributed by atoms with Crippen molar-refractivity contribution in [3.63, 3.8) is 0 Å². The van der Waals surface area contributed by atoms with E-state index >= 15 is 0 Å². The van der Waals surface area contributed by atoms with Crippen LogP contribution in [-0.2, 0) is 0 Å². The van der Waals surface area contributed by atoms with Crippen molar-refractivity contribution in [3.05, 3.63) is 34.4 Å². The molecule has 0 amide bonds. The van der Waals surface area contributed by atoms with Gasteiger partial charge in [-0.1, -0.05) is 51.1 Å². The van der Waals surface area contributed by atoms with E-state index in [1.54, 1.807) is 0 Å². The lowest BCUT2D eigenvalue weighted by molar-refractivity contribution is 1.34. The zero-order valence-electron chi connectivity index (χ0n) is 14.2. The van der Waals surface area contributed by atoms with Gasteiger partial charge in [-0.05, 0) is 37.1 Å². The van der Waals surface area contributed by atoms with E-state index < -0.39 is 16.1 Å². The summed E-state index contributed by atoms with van der Waals surface area (Å²) >= 11 is 0. The Morgan fingerprint density at radius 3 is 1.50 bits per heavy atom. The lowest BCUT2D eigenvalue weighted by Crippen LogP contribution is -2.16. The Hall–Kier alpha value is -1.23. The van der Waals surface area contributed by atoms with Crippen molar-refractivity contribution < 1.29 is 0 Å². The molecule has 0 unspecified atom stereocenters. The molecule has 0 fully saturated rings. The maximum absolute atomic E-state index is 3.46. The fourth-order valence-corrected chi connectivity index (χ4v) is 2.76. The first-order valence-corrected chi connectivity index (χ1v) is 14.2. The van der Waals surface area contributed by atoms with Crippen LogP contribution in [-0.4, -0.2) is 16.1 Å². The number of rotatable bonds is 0. The van der Waals surface area contributed by atoms with Crippen molar-refractivity contribution in [3.8, 4) is 22.9 Å². The zero-order valence-corrected chi connectivity index (χ0v) is 16.2. The van der Waals surface area contributed by atoms with Crippen molar-refractivity contribution >= 4 is 16.1 Å². The lowest BCUT2D eigenvalue weighted by Gasteiger charge is -2.08. The first-order chi connectivity index (χ1) is 8.98. The molecule has 0 bridgehead atoms. The molecule has 2 heteroatoms. The van der Waals surface area contributed by atoms with Gasteiger partial charge in [0.15, 0.2) is 0 Å². The average Bonchev–Trinajstić information content (AvgIpc) is 2.22. The SMILES string of the molecule is Cc1cc(C#C[Si](C)(C)C)cc(C)c1C#C[Si](C)(C)C. The zero-order chi connectivity index (χ0) is 15.6. The molecule has 0 aliphatic carbocycles. The highest BCUT2D eigenvalue weighted by Gasteiger charge is 2.10. The number of aryl methyl sites for hydroxylation is 2. The third-order valence-corrected chi connectivity index (χ3v) is 4.43. The van der Waals surface area contributed by atoms with Gasteiger partial charge in [-0.2, -0.15) is 0 Å². The summed E-state index contributed by atoms with van der Waals surface area (Å²) in [5, 5.41) is 0. The van der Waals surface area contributed by atoms with Crippen LogP contribution in [0.5, 0.6) is 0 Å². The molecule has 106 valence electrons.